The summed E-state index contributed by atoms with van der Waals surface area (Å²) in [6, 6.07) is 0. The average Bonchev–Trinajstić information content (AvgIpc) is 2.82. The van der Waals surface area contributed by atoms with E-state index in [0.717, 1.165) is 0 Å². The molecule has 0 saturated carbocycles. The number of hydrogen-bond donors (Lipinski definition) is 3. The number of rotatable bonds is 4. The van der Waals surface area contributed by atoms with E-state index < -0.39 is 29.7 Å². The van der Waals surface area contributed by atoms with Crippen molar-refractivity contribution in [3.8, 4) is 0 Å². The molecule has 1 aliphatic rings. The molecule has 0 aliphatic carbocycles. The van der Waals surface area contributed by atoms with Crippen molar-refractivity contribution < 1.29 is 14.9 Å². The minimum absolute atomic E-state index is 0.155. The molecule has 114 valence electrons. The highest BCUT2D eigenvalue weighted by atomic mass is 35.5. The Bertz CT molecular complexity index is 663. The third-order valence-corrected chi connectivity index (χ3v) is 3.29. The molecule has 0 aromatic carbocycles. The Kier molecular flexibility index (Phi) is 5.13. The van der Waals surface area contributed by atoms with Gasteiger partial charge in [0.2, 0.25) is 0 Å². The number of hydrogen-bond acceptors (Lipinski definition) is 5. The van der Waals surface area contributed by atoms with Crippen LogP contribution in [0.1, 0.15) is 18.2 Å². The smallest absolute Gasteiger partial charge is 0.330 e. The fraction of sp³-hybridized carbons (Fsp3) is 0.385. The molecule has 0 radical (unpaired) electrons. The molecule has 0 unspecified atom stereocenters. The van der Waals surface area contributed by atoms with E-state index in [2.05, 4.69) is 4.98 Å². The Hall–Kier alpha value is -1.67. The third-order valence-electron chi connectivity index (χ3n) is 3.15. The number of nitrogens with zero attached hydrogens (tertiary/aromatic N) is 1. The van der Waals surface area contributed by atoms with Gasteiger partial charge in [-0.1, -0.05) is 23.8 Å². The van der Waals surface area contributed by atoms with E-state index in [9.17, 15) is 14.7 Å². The van der Waals surface area contributed by atoms with Gasteiger partial charge in [0.25, 0.3) is 5.56 Å². The first-order valence-electron chi connectivity index (χ1n) is 6.30. The summed E-state index contributed by atoms with van der Waals surface area (Å²) in [6.07, 6.45) is 3.71. The second-order valence-corrected chi connectivity index (χ2v) is 4.80. The van der Waals surface area contributed by atoms with Crippen molar-refractivity contribution in [3.63, 3.8) is 0 Å². The topological polar surface area (TPSA) is 105 Å². The van der Waals surface area contributed by atoms with Crippen molar-refractivity contribution in [2.24, 2.45) is 0 Å². The van der Waals surface area contributed by atoms with Crippen LogP contribution in [0.2, 0.25) is 0 Å². The summed E-state index contributed by atoms with van der Waals surface area (Å²) in [7, 11) is 0. The van der Waals surface area contributed by atoms with E-state index >= 15 is 0 Å². The first-order valence-corrected chi connectivity index (χ1v) is 6.73. The van der Waals surface area contributed by atoms with Crippen LogP contribution in [0.4, 0.5) is 0 Å². The van der Waals surface area contributed by atoms with Gasteiger partial charge in [-0.15, -0.1) is 0 Å². The SMILES string of the molecule is O=c1[nH]c(=O)n([C@H]2C[C@H](O)[C@@H](CO)O2)cc1/C=C/C=C/Cl. The summed E-state index contributed by atoms with van der Waals surface area (Å²) in [4.78, 5) is 25.7. The third kappa shape index (κ3) is 3.51. The van der Waals surface area contributed by atoms with Crippen LogP contribution in [0.25, 0.3) is 6.08 Å². The molecule has 8 heteroatoms. The van der Waals surface area contributed by atoms with Crippen LogP contribution in [-0.2, 0) is 4.74 Å². The highest BCUT2D eigenvalue weighted by Gasteiger charge is 2.35. The van der Waals surface area contributed by atoms with E-state index in [1.807, 2.05) is 0 Å². The fourth-order valence-corrected chi connectivity index (χ4v) is 2.17. The number of aliphatic hydroxyl groups is 2. The molecular weight excluding hydrogens is 300 g/mol. The van der Waals surface area contributed by atoms with Crippen molar-refractivity contribution in [2.45, 2.75) is 24.9 Å². The van der Waals surface area contributed by atoms with Crippen molar-refractivity contribution in [1.82, 2.24) is 9.55 Å². The zero-order valence-electron chi connectivity index (χ0n) is 11.0. The Morgan fingerprint density at radius 1 is 1.48 bits per heavy atom. The van der Waals surface area contributed by atoms with Gasteiger partial charge in [-0.2, -0.15) is 0 Å². The lowest BCUT2D eigenvalue weighted by atomic mass is 10.2. The van der Waals surface area contributed by atoms with Crippen molar-refractivity contribution >= 4 is 17.7 Å². The Morgan fingerprint density at radius 2 is 2.24 bits per heavy atom. The van der Waals surface area contributed by atoms with Crippen molar-refractivity contribution in [3.05, 3.63) is 50.3 Å². The first kappa shape index (κ1) is 15.7. The van der Waals surface area contributed by atoms with Crippen LogP contribution in [0, 0.1) is 0 Å². The number of ether oxygens (including phenoxy) is 1. The molecule has 21 heavy (non-hydrogen) atoms. The largest absolute Gasteiger partial charge is 0.394 e. The van der Waals surface area contributed by atoms with Gasteiger partial charge >= 0.3 is 5.69 Å². The quantitative estimate of drug-likeness (QED) is 0.676. The predicted octanol–water partition coefficient (Wildman–Crippen LogP) is -0.0570. The van der Waals surface area contributed by atoms with E-state index in [-0.39, 0.29) is 18.6 Å². The molecule has 2 rings (SSSR count). The molecule has 0 amide bonds. The molecule has 1 fully saturated rings. The summed E-state index contributed by atoms with van der Waals surface area (Å²) in [5.74, 6) is 0. The van der Waals surface area contributed by atoms with Crippen LogP contribution in [0.5, 0.6) is 0 Å². The van der Waals surface area contributed by atoms with Crippen LogP contribution < -0.4 is 11.2 Å². The molecule has 1 aromatic rings. The summed E-state index contributed by atoms with van der Waals surface area (Å²) < 4.78 is 6.58. The highest BCUT2D eigenvalue weighted by Crippen LogP contribution is 2.27. The van der Waals surface area contributed by atoms with Crippen molar-refractivity contribution in [1.29, 1.82) is 0 Å². The second-order valence-electron chi connectivity index (χ2n) is 4.54. The maximum atomic E-state index is 11.8. The minimum atomic E-state index is -0.864. The molecule has 1 aliphatic heterocycles. The molecular formula is C13H15ClN2O5. The second kappa shape index (κ2) is 6.86. The van der Waals surface area contributed by atoms with E-state index in [4.69, 9.17) is 21.4 Å². The lowest BCUT2D eigenvalue weighted by Gasteiger charge is -2.14. The van der Waals surface area contributed by atoms with Gasteiger partial charge < -0.3 is 14.9 Å². The Morgan fingerprint density at radius 3 is 2.86 bits per heavy atom. The van der Waals surface area contributed by atoms with E-state index in [1.54, 1.807) is 6.08 Å². The summed E-state index contributed by atoms with van der Waals surface area (Å²) in [5, 5.41) is 18.7. The monoisotopic (exact) mass is 314 g/mol. The first-order chi connectivity index (χ1) is 10.1. The number of aliphatic hydroxyl groups excluding tert-OH is 2. The van der Waals surface area contributed by atoms with Gasteiger partial charge in [-0.05, 0) is 6.08 Å². The molecule has 0 spiro atoms. The van der Waals surface area contributed by atoms with Crippen LogP contribution in [0.15, 0.2) is 33.5 Å². The number of nitrogens with one attached hydrogen (secondary N) is 1. The lowest BCUT2D eigenvalue weighted by molar-refractivity contribution is -0.0459. The van der Waals surface area contributed by atoms with Gasteiger partial charge in [-0.3, -0.25) is 14.3 Å². The molecule has 3 N–H and O–H groups in total. The standard InChI is InChI=1S/C13H15ClN2O5/c14-4-2-1-3-8-6-16(13(20)15-12(8)19)11-5-9(18)10(7-17)21-11/h1-4,6,9-11,17-18H,5,7H2,(H,15,19,20)/b3-1+,4-2+/t9-,10+,11+/m0/s1. The normalized spacial score (nSPS) is 26.1. The predicted molar refractivity (Wildman–Crippen MR) is 77.0 cm³/mol. The van der Waals surface area contributed by atoms with Crippen LogP contribution >= 0.6 is 11.6 Å². The minimum Gasteiger partial charge on any atom is -0.394 e. The fourth-order valence-electron chi connectivity index (χ4n) is 2.09. The van der Waals surface area contributed by atoms with Gasteiger partial charge in [-0.25, -0.2) is 4.79 Å². The average molecular weight is 315 g/mol. The molecule has 3 atom stereocenters. The van der Waals surface area contributed by atoms with Gasteiger partial charge in [0.05, 0.1) is 18.3 Å². The summed E-state index contributed by atoms with van der Waals surface area (Å²) in [6.45, 7) is -0.344. The van der Waals surface area contributed by atoms with E-state index in [1.165, 1.54) is 28.5 Å². The Labute approximate surface area is 124 Å². The summed E-state index contributed by atoms with van der Waals surface area (Å²) in [5.41, 5.74) is 0.353. The lowest BCUT2D eigenvalue weighted by Crippen LogP contribution is -2.33. The molecule has 7 nitrogen and oxygen atoms in total. The van der Waals surface area contributed by atoms with Gasteiger partial charge in [0.15, 0.2) is 0 Å². The highest BCUT2D eigenvalue weighted by molar-refractivity contribution is 6.25. The number of aromatic amines is 1. The van der Waals surface area contributed by atoms with Gasteiger partial charge in [0, 0.05) is 18.2 Å². The number of H-pyrrole nitrogens is 1. The number of aromatic nitrogens is 2. The number of halogens is 1. The molecule has 0 bridgehead atoms. The summed E-state index contributed by atoms with van der Waals surface area (Å²) >= 11 is 5.37. The van der Waals surface area contributed by atoms with Crippen LogP contribution in [0.3, 0.4) is 0 Å². The van der Waals surface area contributed by atoms with Gasteiger partial charge in [0.1, 0.15) is 12.3 Å². The van der Waals surface area contributed by atoms with Crippen molar-refractivity contribution in [2.75, 3.05) is 6.61 Å². The zero-order chi connectivity index (χ0) is 15.4. The molecule has 1 saturated heterocycles. The maximum absolute atomic E-state index is 11.8. The zero-order valence-corrected chi connectivity index (χ0v) is 11.7. The molecule has 2 heterocycles. The van der Waals surface area contributed by atoms with Crippen LogP contribution in [-0.4, -0.2) is 38.6 Å². The Balaban J connectivity index is 2.34. The van der Waals surface area contributed by atoms with E-state index in [0.29, 0.717) is 0 Å². The molecule has 1 aromatic heterocycles. The maximum Gasteiger partial charge on any atom is 0.330 e. The number of allylic oxidation sites excluding steroid dienone is 2.